The summed E-state index contributed by atoms with van der Waals surface area (Å²) in [6.07, 6.45) is 0. The average molecular weight is 271 g/mol. The second kappa shape index (κ2) is 5.74. The van der Waals surface area contributed by atoms with E-state index in [-0.39, 0.29) is 11.7 Å². The third-order valence-corrected chi connectivity index (χ3v) is 3.32. The van der Waals surface area contributed by atoms with Crippen LogP contribution < -0.4 is 10.6 Å². The van der Waals surface area contributed by atoms with Gasteiger partial charge in [-0.05, 0) is 42.3 Å². The fourth-order valence-corrected chi connectivity index (χ4v) is 2.21. The number of amidine groups is 1. The molecular weight excluding hydrogens is 253 g/mol. The van der Waals surface area contributed by atoms with Gasteiger partial charge in [-0.2, -0.15) is 0 Å². The minimum absolute atomic E-state index is 0.0447. The van der Waals surface area contributed by atoms with Crippen LogP contribution in [0.5, 0.6) is 0 Å². The van der Waals surface area contributed by atoms with E-state index in [0.29, 0.717) is 12.1 Å². The summed E-state index contributed by atoms with van der Waals surface area (Å²) in [4.78, 5) is 2.01. The van der Waals surface area contributed by atoms with Gasteiger partial charge in [-0.3, -0.25) is 5.41 Å². The van der Waals surface area contributed by atoms with Crippen molar-refractivity contribution in [2.45, 2.75) is 13.5 Å². The zero-order chi connectivity index (χ0) is 14.7. The van der Waals surface area contributed by atoms with E-state index in [9.17, 15) is 4.39 Å². The molecule has 0 bridgehead atoms. The SMILES string of the molecule is Cc1cc(F)ccc1CN(C)c1ccccc1C(=N)N. The van der Waals surface area contributed by atoms with Crippen molar-refractivity contribution in [3.8, 4) is 0 Å². The highest BCUT2D eigenvalue weighted by atomic mass is 19.1. The summed E-state index contributed by atoms with van der Waals surface area (Å²) in [5, 5.41) is 7.62. The van der Waals surface area contributed by atoms with E-state index < -0.39 is 0 Å². The average Bonchev–Trinajstić information content (AvgIpc) is 2.41. The second-order valence-corrected chi connectivity index (χ2v) is 4.86. The first-order valence-electron chi connectivity index (χ1n) is 6.38. The summed E-state index contributed by atoms with van der Waals surface area (Å²) in [6.45, 7) is 2.53. The van der Waals surface area contributed by atoms with Gasteiger partial charge in [-0.25, -0.2) is 4.39 Å². The van der Waals surface area contributed by atoms with Crippen LogP contribution in [0.3, 0.4) is 0 Å². The quantitative estimate of drug-likeness (QED) is 0.663. The molecule has 0 amide bonds. The third-order valence-electron chi connectivity index (χ3n) is 3.32. The number of benzene rings is 2. The van der Waals surface area contributed by atoms with Gasteiger partial charge < -0.3 is 10.6 Å². The Bertz CT molecular complexity index is 637. The number of nitrogens with zero attached hydrogens (tertiary/aromatic N) is 1. The number of aryl methyl sites for hydroxylation is 1. The molecule has 0 heterocycles. The Kier molecular flexibility index (Phi) is 4.03. The molecule has 2 rings (SSSR count). The van der Waals surface area contributed by atoms with Crippen LogP contribution in [0, 0.1) is 18.2 Å². The van der Waals surface area contributed by atoms with E-state index in [1.54, 1.807) is 6.07 Å². The molecule has 0 aromatic heterocycles. The zero-order valence-electron chi connectivity index (χ0n) is 11.7. The Morgan fingerprint density at radius 3 is 2.60 bits per heavy atom. The van der Waals surface area contributed by atoms with Gasteiger partial charge in [0.2, 0.25) is 0 Å². The second-order valence-electron chi connectivity index (χ2n) is 4.86. The molecule has 2 aromatic carbocycles. The minimum Gasteiger partial charge on any atom is -0.384 e. The molecule has 3 nitrogen and oxygen atoms in total. The van der Waals surface area contributed by atoms with Crippen molar-refractivity contribution in [2.75, 3.05) is 11.9 Å². The molecular formula is C16H18FN3. The van der Waals surface area contributed by atoms with Crippen molar-refractivity contribution in [2.24, 2.45) is 5.73 Å². The van der Waals surface area contributed by atoms with E-state index in [4.69, 9.17) is 11.1 Å². The molecule has 0 saturated heterocycles. The summed E-state index contributed by atoms with van der Waals surface area (Å²) in [7, 11) is 1.94. The maximum atomic E-state index is 13.1. The molecule has 0 unspecified atom stereocenters. The van der Waals surface area contributed by atoms with Crippen molar-refractivity contribution < 1.29 is 4.39 Å². The standard InChI is InChI=1S/C16H18FN3/c1-11-9-13(17)8-7-12(11)10-20(2)15-6-4-3-5-14(15)16(18)19/h3-9H,10H2,1-2H3,(H3,18,19). The van der Waals surface area contributed by atoms with E-state index in [2.05, 4.69) is 0 Å². The van der Waals surface area contributed by atoms with Gasteiger partial charge in [0, 0.05) is 24.8 Å². The van der Waals surface area contributed by atoms with Gasteiger partial charge in [-0.15, -0.1) is 0 Å². The molecule has 4 heteroatoms. The zero-order valence-corrected chi connectivity index (χ0v) is 11.7. The van der Waals surface area contributed by atoms with Crippen LogP contribution in [-0.4, -0.2) is 12.9 Å². The van der Waals surface area contributed by atoms with Gasteiger partial charge in [0.05, 0.1) is 0 Å². The number of hydrogen-bond acceptors (Lipinski definition) is 2. The predicted octanol–water partition coefficient (Wildman–Crippen LogP) is 3.05. The largest absolute Gasteiger partial charge is 0.384 e. The van der Waals surface area contributed by atoms with Crippen LogP contribution in [0.25, 0.3) is 0 Å². The number of para-hydroxylation sites is 1. The molecule has 0 aliphatic rings. The summed E-state index contributed by atoms with van der Waals surface area (Å²) in [6, 6.07) is 12.3. The van der Waals surface area contributed by atoms with Crippen molar-refractivity contribution >= 4 is 11.5 Å². The molecule has 0 saturated carbocycles. The molecule has 0 radical (unpaired) electrons. The fraction of sp³-hybridized carbons (Fsp3) is 0.188. The van der Waals surface area contributed by atoms with E-state index in [0.717, 1.165) is 16.8 Å². The molecule has 0 aliphatic carbocycles. The Balaban J connectivity index is 2.28. The van der Waals surface area contributed by atoms with Crippen LogP contribution in [0.2, 0.25) is 0 Å². The first kappa shape index (κ1) is 14.1. The summed E-state index contributed by atoms with van der Waals surface area (Å²) in [5.41, 5.74) is 9.16. The van der Waals surface area contributed by atoms with Crippen LogP contribution in [0.15, 0.2) is 42.5 Å². The van der Waals surface area contributed by atoms with Crippen molar-refractivity contribution in [3.63, 3.8) is 0 Å². The first-order chi connectivity index (χ1) is 9.49. The molecule has 104 valence electrons. The first-order valence-corrected chi connectivity index (χ1v) is 6.38. The molecule has 3 N–H and O–H groups in total. The van der Waals surface area contributed by atoms with Crippen LogP contribution in [0.4, 0.5) is 10.1 Å². The van der Waals surface area contributed by atoms with Gasteiger partial charge >= 0.3 is 0 Å². The Morgan fingerprint density at radius 1 is 1.25 bits per heavy atom. The smallest absolute Gasteiger partial charge is 0.124 e. The lowest BCUT2D eigenvalue weighted by Crippen LogP contribution is -2.22. The summed E-state index contributed by atoms with van der Waals surface area (Å²) < 4.78 is 13.1. The predicted molar refractivity (Wildman–Crippen MR) is 80.7 cm³/mol. The number of nitrogens with one attached hydrogen (secondary N) is 1. The maximum absolute atomic E-state index is 13.1. The van der Waals surface area contributed by atoms with Crippen molar-refractivity contribution in [1.82, 2.24) is 0 Å². The third kappa shape index (κ3) is 2.96. The lowest BCUT2D eigenvalue weighted by atomic mass is 10.1. The molecule has 2 aromatic rings. The number of nitrogens with two attached hydrogens (primary N) is 1. The number of anilines is 1. The molecule has 0 atom stereocenters. The molecule has 0 spiro atoms. The van der Waals surface area contributed by atoms with Crippen molar-refractivity contribution in [1.29, 1.82) is 5.41 Å². The Hall–Kier alpha value is -2.36. The minimum atomic E-state index is -0.224. The Labute approximate surface area is 118 Å². The summed E-state index contributed by atoms with van der Waals surface area (Å²) in [5.74, 6) is -0.179. The van der Waals surface area contributed by atoms with Crippen LogP contribution >= 0.6 is 0 Å². The summed E-state index contributed by atoms with van der Waals surface area (Å²) >= 11 is 0. The van der Waals surface area contributed by atoms with Gasteiger partial charge in [-0.1, -0.05) is 18.2 Å². The Morgan fingerprint density at radius 2 is 1.95 bits per heavy atom. The maximum Gasteiger partial charge on any atom is 0.124 e. The topological polar surface area (TPSA) is 53.1 Å². The highest BCUT2D eigenvalue weighted by Crippen LogP contribution is 2.21. The number of rotatable bonds is 4. The monoisotopic (exact) mass is 271 g/mol. The van der Waals surface area contributed by atoms with Gasteiger partial charge in [0.25, 0.3) is 0 Å². The van der Waals surface area contributed by atoms with E-state index in [1.807, 2.05) is 43.1 Å². The lowest BCUT2D eigenvalue weighted by molar-refractivity contribution is 0.625. The van der Waals surface area contributed by atoms with Crippen LogP contribution in [0.1, 0.15) is 16.7 Å². The highest BCUT2D eigenvalue weighted by Gasteiger charge is 2.10. The van der Waals surface area contributed by atoms with E-state index in [1.165, 1.54) is 12.1 Å². The molecule has 20 heavy (non-hydrogen) atoms. The highest BCUT2D eigenvalue weighted by molar-refractivity contribution is 6.00. The van der Waals surface area contributed by atoms with E-state index >= 15 is 0 Å². The van der Waals surface area contributed by atoms with Crippen molar-refractivity contribution in [3.05, 3.63) is 65.0 Å². The fourth-order valence-electron chi connectivity index (χ4n) is 2.21. The number of hydrogen-bond donors (Lipinski definition) is 2. The van der Waals surface area contributed by atoms with Gasteiger partial charge in [0.1, 0.15) is 11.7 Å². The molecule has 0 aliphatic heterocycles. The number of halogens is 1. The van der Waals surface area contributed by atoms with Crippen LogP contribution in [-0.2, 0) is 6.54 Å². The lowest BCUT2D eigenvalue weighted by Gasteiger charge is -2.23. The molecule has 0 fully saturated rings. The van der Waals surface area contributed by atoms with Gasteiger partial charge in [0.15, 0.2) is 0 Å². The number of nitrogen functional groups attached to an aromatic ring is 1. The normalized spacial score (nSPS) is 10.3.